The second-order valence-corrected chi connectivity index (χ2v) is 10.6. The van der Waals surface area contributed by atoms with Crippen LogP contribution in [0.5, 0.6) is 23.0 Å². The third-order valence-corrected chi connectivity index (χ3v) is 7.45. The minimum Gasteiger partial charge on any atom is -0.493 e. The summed E-state index contributed by atoms with van der Waals surface area (Å²) < 4.78 is 22.9. The SMILES string of the molecule is COc1cc(C2C(C#N)=C(N)Oc3cc(OC(=O)/C=C/c4ccc(Cl)cc4)ccc32)ccc1OCc1ccc(Cl)cc1Cl. The molecule has 0 spiro atoms. The van der Waals surface area contributed by atoms with Gasteiger partial charge in [-0.2, -0.15) is 5.26 Å². The molecule has 1 aliphatic rings. The zero-order valence-electron chi connectivity index (χ0n) is 22.6. The summed E-state index contributed by atoms with van der Waals surface area (Å²) in [6.07, 6.45) is 2.93. The summed E-state index contributed by atoms with van der Waals surface area (Å²) in [6, 6.07) is 24.6. The summed E-state index contributed by atoms with van der Waals surface area (Å²) in [7, 11) is 1.52. The summed E-state index contributed by atoms with van der Waals surface area (Å²) in [5.41, 5.74) is 9.33. The van der Waals surface area contributed by atoms with Crippen LogP contribution in [0.3, 0.4) is 0 Å². The highest BCUT2D eigenvalue weighted by Crippen LogP contribution is 2.45. The van der Waals surface area contributed by atoms with E-state index in [9.17, 15) is 10.1 Å². The first-order chi connectivity index (χ1) is 20.7. The van der Waals surface area contributed by atoms with Crippen molar-refractivity contribution in [3.8, 4) is 29.1 Å². The maximum absolute atomic E-state index is 12.5. The van der Waals surface area contributed by atoms with Crippen LogP contribution in [-0.2, 0) is 11.4 Å². The number of methoxy groups -OCH3 is 1. The molecule has 7 nitrogen and oxygen atoms in total. The number of nitriles is 1. The molecule has 0 amide bonds. The van der Waals surface area contributed by atoms with Crippen molar-refractivity contribution in [3.05, 3.63) is 134 Å². The lowest BCUT2D eigenvalue weighted by molar-refractivity contribution is -0.128. The fourth-order valence-corrected chi connectivity index (χ4v) is 5.10. The minimum absolute atomic E-state index is 0.0530. The summed E-state index contributed by atoms with van der Waals surface area (Å²) >= 11 is 18.2. The molecule has 0 aliphatic carbocycles. The fourth-order valence-electron chi connectivity index (χ4n) is 4.51. The highest BCUT2D eigenvalue weighted by molar-refractivity contribution is 6.35. The molecule has 0 aromatic heterocycles. The molecule has 1 heterocycles. The van der Waals surface area contributed by atoms with Crippen LogP contribution in [-0.4, -0.2) is 13.1 Å². The van der Waals surface area contributed by atoms with Crippen LogP contribution in [0.2, 0.25) is 15.1 Å². The number of rotatable bonds is 8. The number of allylic oxidation sites excluding steroid dienone is 1. The molecular weight excluding hydrogens is 611 g/mol. The van der Waals surface area contributed by atoms with Gasteiger partial charge in [-0.05, 0) is 59.7 Å². The van der Waals surface area contributed by atoms with Crippen molar-refractivity contribution in [1.82, 2.24) is 0 Å². The maximum atomic E-state index is 12.5. The second-order valence-electron chi connectivity index (χ2n) is 9.37. The molecule has 43 heavy (non-hydrogen) atoms. The summed E-state index contributed by atoms with van der Waals surface area (Å²) in [4.78, 5) is 12.5. The van der Waals surface area contributed by atoms with Crippen LogP contribution in [0, 0.1) is 11.3 Å². The number of benzene rings is 4. The van der Waals surface area contributed by atoms with E-state index >= 15 is 0 Å². The van der Waals surface area contributed by atoms with Gasteiger partial charge >= 0.3 is 5.97 Å². The Morgan fingerprint density at radius 3 is 2.47 bits per heavy atom. The van der Waals surface area contributed by atoms with Gasteiger partial charge in [0.25, 0.3) is 0 Å². The number of nitrogens with two attached hydrogens (primary N) is 1. The van der Waals surface area contributed by atoms with E-state index in [0.717, 1.165) is 11.1 Å². The van der Waals surface area contributed by atoms with Gasteiger partial charge in [0.05, 0.1) is 13.0 Å². The Morgan fingerprint density at radius 1 is 0.977 bits per heavy atom. The molecule has 1 aliphatic heterocycles. The zero-order valence-corrected chi connectivity index (χ0v) is 24.9. The summed E-state index contributed by atoms with van der Waals surface area (Å²) in [5, 5.41) is 11.6. The Hall–Kier alpha value is -4.61. The molecule has 0 radical (unpaired) electrons. The molecule has 2 N–H and O–H groups in total. The lowest BCUT2D eigenvalue weighted by Crippen LogP contribution is -2.21. The Morgan fingerprint density at radius 2 is 1.74 bits per heavy atom. The number of hydrogen-bond acceptors (Lipinski definition) is 7. The number of carbonyl (C=O) groups excluding carboxylic acids is 1. The lowest BCUT2D eigenvalue weighted by atomic mass is 9.83. The topological polar surface area (TPSA) is 104 Å². The fraction of sp³-hybridized carbons (Fsp3) is 0.0909. The highest BCUT2D eigenvalue weighted by atomic mass is 35.5. The van der Waals surface area contributed by atoms with Crippen molar-refractivity contribution in [2.45, 2.75) is 12.5 Å². The largest absolute Gasteiger partial charge is 0.493 e. The molecule has 216 valence electrons. The summed E-state index contributed by atoms with van der Waals surface area (Å²) in [5.74, 6) is 0.325. The van der Waals surface area contributed by atoms with Gasteiger partial charge in [0.2, 0.25) is 5.88 Å². The van der Waals surface area contributed by atoms with Crippen molar-refractivity contribution in [3.63, 3.8) is 0 Å². The normalized spacial score (nSPS) is 14.1. The average molecular weight is 634 g/mol. The van der Waals surface area contributed by atoms with E-state index in [1.165, 1.54) is 13.2 Å². The molecule has 0 fully saturated rings. The van der Waals surface area contributed by atoms with Gasteiger partial charge in [-0.3, -0.25) is 0 Å². The first-order valence-electron chi connectivity index (χ1n) is 12.9. The van der Waals surface area contributed by atoms with Crippen molar-refractivity contribution >= 4 is 46.8 Å². The van der Waals surface area contributed by atoms with E-state index in [2.05, 4.69) is 6.07 Å². The third kappa shape index (κ3) is 6.90. The van der Waals surface area contributed by atoms with Crippen LogP contribution >= 0.6 is 34.8 Å². The molecular formula is C33H23Cl3N2O5. The number of carbonyl (C=O) groups is 1. The van der Waals surface area contributed by atoms with Crippen molar-refractivity contribution < 1.29 is 23.7 Å². The molecule has 1 atom stereocenters. The van der Waals surface area contributed by atoms with Crippen molar-refractivity contribution in [2.24, 2.45) is 5.73 Å². The van der Waals surface area contributed by atoms with E-state index in [1.54, 1.807) is 78.9 Å². The third-order valence-electron chi connectivity index (χ3n) is 6.61. The predicted octanol–water partition coefficient (Wildman–Crippen LogP) is 8.07. The van der Waals surface area contributed by atoms with Gasteiger partial charge < -0.3 is 24.7 Å². The Bertz CT molecular complexity index is 1800. The maximum Gasteiger partial charge on any atom is 0.336 e. The molecule has 5 rings (SSSR count). The van der Waals surface area contributed by atoms with Gasteiger partial charge in [-0.25, -0.2) is 4.79 Å². The Kier molecular flexibility index (Phi) is 9.13. The van der Waals surface area contributed by atoms with Gasteiger partial charge in [0.15, 0.2) is 11.5 Å². The van der Waals surface area contributed by atoms with E-state index in [-0.39, 0.29) is 23.8 Å². The predicted molar refractivity (Wildman–Crippen MR) is 166 cm³/mol. The standard InChI is InChI=1S/C33H23Cl3N2O5/c1-40-30-14-20(6-12-28(30)41-18-21-5-9-23(35)15-27(21)36)32-25-11-10-24(16-29(25)43-33(38)26(32)17-37)42-31(39)13-4-19-2-7-22(34)8-3-19/h2-16,32H,18,38H2,1H3/b13-4+. The zero-order chi connectivity index (χ0) is 30.5. The van der Waals surface area contributed by atoms with Crippen LogP contribution in [0.25, 0.3) is 6.08 Å². The molecule has 1 unspecified atom stereocenters. The van der Waals surface area contributed by atoms with Crippen LogP contribution in [0.15, 0.2) is 96.4 Å². The van der Waals surface area contributed by atoms with E-state index in [0.29, 0.717) is 43.4 Å². The Balaban J connectivity index is 1.38. The number of halogens is 3. The number of esters is 1. The number of hydrogen-bond donors (Lipinski definition) is 1. The smallest absolute Gasteiger partial charge is 0.336 e. The van der Waals surface area contributed by atoms with Crippen LogP contribution < -0.4 is 24.7 Å². The number of nitrogens with zero attached hydrogens (tertiary/aromatic N) is 1. The van der Waals surface area contributed by atoms with Gasteiger partial charge in [-0.15, -0.1) is 0 Å². The van der Waals surface area contributed by atoms with E-state index in [4.69, 9.17) is 59.5 Å². The Labute approximate surface area is 263 Å². The van der Waals surface area contributed by atoms with Crippen LogP contribution in [0.1, 0.15) is 28.2 Å². The second kappa shape index (κ2) is 13.1. The molecule has 0 saturated carbocycles. The minimum atomic E-state index is -0.580. The van der Waals surface area contributed by atoms with Gasteiger partial charge in [0, 0.05) is 38.3 Å². The molecule has 0 saturated heterocycles. The van der Waals surface area contributed by atoms with Crippen molar-refractivity contribution in [1.29, 1.82) is 5.26 Å². The first kappa shape index (κ1) is 29.9. The number of fused-ring (bicyclic) bond motifs is 1. The first-order valence-corrected chi connectivity index (χ1v) is 14.0. The van der Waals surface area contributed by atoms with Crippen molar-refractivity contribution in [2.75, 3.05) is 7.11 Å². The molecule has 4 aromatic carbocycles. The molecule has 10 heteroatoms. The average Bonchev–Trinajstić information content (AvgIpc) is 2.99. The molecule has 4 aromatic rings. The van der Waals surface area contributed by atoms with E-state index in [1.807, 2.05) is 6.07 Å². The quantitative estimate of drug-likeness (QED) is 0.119. The van der Waals surface area contributed by atoms with Gasteiger partial charge in [-0.1, -0.05) is 65.1 Å². The van der Waals surface area contributed by atoms with E-state index < -0.39 is 11.9 Å². The lowest BCUT2D eigenvalue weighted by Gasteiger charge is -2.27. The monoisotopic (exact) mass is 632 g/mol. The highest BCUT2D eigenvalue weighted by Gasteiger charge is 2.31. The summed E-state index contributed by atoms with van der Waals surface area (Å²) in [6.45, 7) is 0.193. The van der Waals surface area contributed by atoms with Gasteiger partial charge in [0.1, 0.15) is 29.7 Å². The van der Waals surface area contributed by atoms with Crippen LogP contribution in [0.4, 0.5) is 0 Å². The molecule has 0 bridgehead atoms. The number of ether oxygens (including phenoxy) is 4.